The molecular weight excluding hydrogens is 370 g/mol. The molecule has 4 N–H and O–H groups in total. The number of nitrogens with one attached hydrogen (secondary N) is 2. The van der Waals surface area contributed by atoms with E-state index < -0.39 is 0 Å². The number of nitrogens with two attached hydrogens (primary N) is 1. The van der Waals surface area contributed by atoms with Crippen molar-refractivity contribution in [3.63, 3.8) is 0 Å². The van der Waals surface area contributed by atoms with Crippen LogP contribution in [0.1, 0.15) is 52.9 Å². The molecule has 3 heterocycles. The van der Waals surface area contributed by atoms with Crippen molar-refractivity contribution in [1.82, 2.24) is 29.7 Å². The summed E-state index contributed by atoms with van der Waals surface area (Å²) < 4.78 is 7.21. The van der Waals surface area contributed by atoms with Crippen LogP contribution in [-0.2, 0) is 6.54 Å². The van der Waals surface area contributed by atoms with Gasteiger partial charge in [-0.1, -0.05) is 13.3 Å². The first kappa shape index (κ1) is 21.6. The van der Waals surface area contributed by atoms with Crippen molar-refractivity contribution < 1.29 is 4.74 Å². The molecule has 1 aliphatic rings. The molecule has 2 aromatic heterocycles. The molecular formula is C20H35N7O2. The van der Waals surface area contributed by atoms with Crippen LogP contribution in [-0.4, -0.2) is 62.7 Å². The maximum absolute atomic E-state index is 12.4. The molecule has 0 bridgehead atoms. The normalized spacial score (nSPS) is 16.1. The van der Waals surface area contributed by atoms with Crippen LogP contribution in [0.3, 0.4) is 0 Å². The zero-order chi connectivity index (χ0) is 20.8. The largest absolute Gasteiger partial charge is 0.463 e. The van der Waals surface area contributed by atoms with Gasteiger partial charge in [-0.3, -0.25) is 4.57 Å². The standard InChI is InChI=1S/C20H35N7O2/c1-4-5-13-29-19-24-17(21)16-18(25-19)27(20(28)23-16)10-6-9-22-15-7-11-26(12-8-15)14(2)3/h14-15,22H,4-13H2,1-3H3,(H,23,28)(H2,21,24,25). The van der Waals surface area contributed by atoms with Gasteiger partial charge in [-0.05, 0) is 59.2 Å². The highest BCUT2D eigenvalue weighted by Gasteiger charge is 2.20. The van der Waals surface area contributed by atoms with Gasteiger partial charge in [0, 0.05) is 18.6 Å². The molecule has 0 amide bonds. The molecule has 9 heteroatoms. The monoisotopic (exact) mass is 405 g/mol. The minimum atomic E-state index is -0.211. The molecule has 3 rings (SSSR count). The first-order chi connectivity index (χ1) is 14.0. The Bertz CT molecular complexity index is 837. The van der Waals surface area contributed by atoms with E-state index in [-0.39, 0.29) is 17.5 Å². The first-order valence-corrected chi connectivity index (χ1v) is 10.9. The van der Waals surface area contributed by atoms with Gasteiger partial charge in [0.2, 0.25) is 0 Å². The van der Waals surface area contributed by atoms with Crippen molar-refractivity contribution in [1.29, 1.82) is 0 Å². The number of piperidine rings is 1. The summed E-state index contributed by atoms with van der Waals surface area (Å²) in [7, 11) is 0. The highest BCUT2D eigenvalue weighted by molar-refractivity contribution is 5.81. The van der Waals surface area contributed by atoms with Crippen LogP contribution >= 0.6 is 0 Å². The van der Waals surface area contributed by atoms with E-state index in [2.05, 4.69) is 45.9 Å². The lowest BCUT2D eigenvalue weighted by Crippen LogP contribution is -2.45. The summed E-state index contributed by atoms with van der Waals surface area (Å²) in [4.78, 5) is 26.2. The number of anilines is 1. The number of likely N-dealkylation sites (tertiary alicyclic amines) is 1. The van der Waals surface area contributed by atoms with Gasteiger partial charge in [-0.2, -0.15) is 9.97 Å². The van der Waals surface area contributed by atoms with E-state index in [4.69, 9.17) is 10.5 Å². The van der Waals surface area contributed by atoms with E-state index in [1.54, 1.807) is 4.57 Å². The van der Waals surface area contributed by atoms with Crippen molar-refractivity contribution in [2.45, 2.75) is 71.5 Å². The zero-order valence-corrected chi connectivity index (χ0v) is 17.9. The van der Waals surface area contributed by atoms with Crippen LogP contribution in [0.5, 0.6) is 6.01 Å². The Morgan fingerprint density at radius 1 is 1.28 bits per heavy atom. The summed E-state index contributed by atoms with van der Waals surface area (Å²) in [5, 5.41) is 3.63. The van der Waals surface area contributed by atoms with E-state index in [1.165, 1.54) is 12.8 Å². The minimum Gasteiger partial charge on any atom is -0.463 e. The van der Waals surface area contributed by atoms with E-state index in [0.717, 1.165) is 38.9 Å². The van der Waals surface area contributed by atoms with Gasteiger partial charge in [0.05, 0.1) is 6.61 Å². The Morgan fingerprint density at radius 3 is 2.72 bits per heavy atom. The van der Waals surface area contributed by atoms with E-state index >= 15 is 0 Å². The highest BCUT2D eigenvalue weighted by Crippen LogP contribution is 2.18. The number of aryl methyl sites for hydroxylation is 1. The molecule has 1 fully saturated rings. The Kier molecular flexibility index (Phi) is 7.49. The van der Waals surface area contributed by atoms with Gasteiger partial charge in [-0.15, -0.1) is 0 Å². The summed E-state index contributed by atoms with van der Waals surface area (Å²) in [6.45, 7) is 10.9. The molecule has 0 unspecified atom stereocenters. The zero-order valence-electron chi connectivity index (χ0n) is 17.9. The second-order valence-corrected chi connectivity index (χ2v) is 8.09. The lowest BCUT2D eigenvalue weighted by Gasteiger charge is -2.35. The molecule has 0 saturated carbocycles. The first-order valence-electron chi connectivity index (χ1n) is 10.9. The van der Waals surface area contributed by atoms with Crippen molar-refractivity contribution in [2.24, 2.45) is 0 Å². The van der Waals surface area contributed by atoms with Crippen LogP contribution in [0.2, 0.25) is 0 Å². The fourth-order valence-electron chi connectivity index (χ4n) is 3.77. The number of fused-ring (bicyclic) bond motifs is 1. The number of nitrogens with zero attached hydrogens (tertiary/aromatic N) is 4. The van der Waals surface area contributed by atoms with Gasteiger partial charge < -0.3 is 25.7 Å². The number of ether oxygens (including phenoxy) is 1. The summed E-state index contributed by atoms with van der Waals surface area (Å²) in [6.07, 6.45) is 5.13. The van der Waals surface area contributed by atoms with Crippen LogP contribution in [0.25, 0.3) is 11.2 Å². The van der Waals surface area contributed by atoms with Crippen LogP contribution in [0.4, 0.5) is 5.82 Å². The maximum atomic E-state index is 12.4. The Hall–Kier alpha value is -2.13. The molecule has 2 aromatic rings. The van der Waals surface area contributed by atoms with Crippen LogP contribution < -0.4 is 21.5 Å². The van der Waals surface area contributed by atoms with E-state index in [9.17, 15) is 4.79 Å². The number of imidazole rings is 1. The summed E-state index contributed by atoms with van der Waals surface area (Å²) in [5.41, 5.74) is 6.78. The molecule has 9 nitrogen and oxygen atoms in total. The molecule has 29 heavy (non-hydrogen) atoms. The van der Waals surface area contributed by atoms with Gasteiger partial charge in [0.25, 0.3) is 0 Å². The summed E-state index contributed by atoms with van der Waals surface area (Å²) >= 11 is 0. The van der Waals surface area contributed by atoms with E-state index in [1.807, 2.05) is 0 Å². The second-order valence-electron chi connectivity index (χ2n) is 8.09. The van der Waals surface area contributed by atoms with Crippen molar-refractivity contribution in [2.75, 3.05) is 32.0 Å². The highest BCUT2D eigenvalue weighted by atomic mass is 16.5. The molecule has 0 atom stereocenters. The molecule has 0 radical (unpaired) electrons. The smallest absolute Gasteiger partial charge is 0.327 e. The molecule has 0 spiro atoms. The molecule has 0 aliphatic carbocycles. The van der Waals surface area contributed by atoms with Gasteiger partial charge in [0.1, 0.15) is 5.52 Å². The van der Waals surface area contributed by atoms with Crippen LogP contribution in [0, 0.1) is 0 Å². The minimum absolute atomic E-state index is 0.211. The number of nitrogen functional groups attached to an aromatic ring is 1. The number of hydrogen-bond acceptors (Lipinski definition) is 7. The Labute approximate surface area is 172 Å². The average molecular weight is 406 g/mol. The third kappa shape index (κ3) is 5.48. The van der Waals surface area contributed by atoms with Crippen molar-refractivity contribution >= 4 is 17.0 Å². The van der Waals surface area contributed by atoms with E-state index in [0.29, 0.717) is 36.4 Å². The lowest BCUT2D eigenvalue weighted by atomic mass is 10.0. The third-order valence-corrected chi connectivity index (χ3v) is 5.61. The molecule has 0 aromatic carbocycles. The predicted molar refractivity (Wildman–Crippen MR) is 115 cm³/mol. The summed E-state index contributed by atoms with van der Waals surface area (Å²) in [5.74, 6) is 0.243. The quantitative estimate of drug-likeness (QED) is 0.516. The van der Waals surface area contributed by atoms with Gasteiger partial charge >= 0.3 is 11.7 Å². The number of rotatable bonds is 10. The summed E-state index contributed by atoms with van der Waals surface area (Å²) in [6, 6.07) is 1.41. The number of H-pyrrole nitrogens is 1. The molecule has 1 aliphatic heterocycles. The lowest BCUT2D eigenvalue weighted by molar-refractivity contribution is 0.161. The number of unbranched alkanes of at least 4 members (excludes halogenated alkanes) is 1. The van der Waals surface area contributed by atoms with Gasteiger partial charge in [-0.25, -0.2) is 4.79 Å². The van der Waals surface area contributed by atoms with Crippen molar-refractivity contribution in [3.05, 3.63) is 10.5 Å². The SMILES string of the molecule is CCCCOc1nc(N)c2[nH]c(=O)n(CCCNC3CCN(C(C)C)CC3)c2n1. The third-order valence-electron chi connectivity index (χ3n) is 5.61. The molecule has 162 valence electrons. The van der Waals surface area contributed by atoms with Crippen LogP contribution in [0.15, 0.2) is 4.79 Å². The van der Waals surface area contributed by atoms with Crippen molar-refractivity contribution in [3.8, 4) is 6.01 Å². The number of aromatic amines is 1. The predicted octanol–water partition coefficient (Wildman–Crippen LogP) is 1.73. The van der Waals surface area contributed by atoms with Gasteiger partial charge in [0.15, 0.2) is 11.5 Å². The topological polar surface area (TPSA) is 114 Å². The average Bonchev–Trinajstić information content (AvgIpc) is 3.02. The molecule has 1 saturated heterocycles. The Morgan fingerprint density at radius 2 is 2.03 bits per heavy atom. The number of hydrogen-bond donors (Lipinski definition) is 3. The Balaban J connectivity index is 1.55. The number of aromatic nitrogens is 4. The maximum Gasteiger partial charge on any atom is 0.327 e. The fraction of sp³-hybridized carbons (Fsp3) is 0.750. The second kappa shape index (κ2) is 10.1. The fourth-order valence-corrected chi connectivity index (χ4v) is 3.77.